The number of allylic oxidation sites excluding steroid dienone is 10. The van der Waals surface area contributed by atoms with Crippen LogP contribution in [-0.4, -0.2) is 42.1 Å². The third kappa shape index (κ3) is 5.42. The number of hydrogen-bond donors (Lipinski definition) is 3. The van der Waals surface area contributed by atoms with Crippen molar-refractivity contribution in [3.63, 3.8) is 0 Å². The Morgan fingerprint density at radius 2 is 1.47 bits per heavy atom. The quantitative estimate of drug-likeness (QED) is 0.354. The average molecular weight is 618 g/mol. The number of carboxylic acid groups (broad SMARTS) is 2. The SMILES string of the molecule is C=CC1=C2C=c3[nH]c(c(C=C)c3C)=CC3=NC(=CC4=NC(=CC(=C1C)[N+]2=[Fe])C(C)=C4CCC(=O)O)C(CCC(=O)O)=C3C. The van der Waals surface area contributed by atoms with Gasteiger partial charge in [-0.05, 0) is 0 Å². The summed E-state index contributed by atoms with van der Waals surface area (Å²) in [5.41, 5.74) is 11.7. The van der Waals surface area contributed by atoms with Gasteiger partial charge < -0.3 is 5.11 Å². The van der Waals surface area contributed by atoms with Crippen molar-refractivity contribution in [3.05, 3.63) is 109 Å². The molecule has 0 spiro atoms. The first-order chi connectivity index (χ1) is 20.4. The van der Waals surface area contributed by atoms with E-state index in [1.54, 1.807) is 0 Å². The van der Waals surface area contributed by atoms with Crippen LogP contribution in [0.15, 0.2) is 97.6 Å². The van der Waals surface area contributed by atoms with Gasteiger partial charge in [0.1, 0.15) is 0 Å². The molecule has 9 heteroatoms. The summed E-state index contributed by atoms with van der Waals surface area (Å²) in [5.74, 6) is -1.79. The number of nitrogens with zero attached hydrogens (tertiary/aromatic N) is 3. The number of aromatic amines is 1. The molecule has 4 aliphatic rings. The number of aliphatic carboxylic acids is 2. The second-order valence-corrected chi connectivity index (χ2v) is 11.3. The summed E-state index contributed by atoms with van der Waals surface area (Å²) in [6.07, 6.45) is 12.0. The molecule has 0 saturated carbocycles. The van der Waals surface area contributed by atoms with E-state index in [0.717, 1.165) is 66.7 Å². The average Bonchev–Trinajstić information content (AvgIpc) is 3.59. The standard InChI is InChI=1S/C34H34N4O4.Fe/c1-7-21-17(3)25-13-26-19(5)23(9-11-33(39)40)31(37-26)16-32-24(10-12-34(41)42)20(6)28(38-32)15-30-22(8-2)18(4)27(36-30)14-29(21)35-25;/h7-8,13-16H,1-2,9-12H2,3-6H3,(H4,35,36,37,38,39,40,41,42);/q;+2/p-1. The van der Waals surface area contributed by atoms with Crippen molar-refractivity contribution >= 4 is 41.6 Å². The summed E-state index contributed by atoms with van der Waals surface area (Å²) in [5, 5.41) is 20.7. The molecule has 1 aromatic rings. The van der Waals surface area contributed by atoms with Crippen LogP contribution in [0.5, 0.6) is 0 Å². The minimum atomic E-state index is -0.895. The molecule has 4 aliphatic heterocycles. The minimum absolute atomic E-state index is 0.0443. The zero-order chi connectivity index (χ0) is 31.2. The van der Waals surface area contributed by atoms with Crippen LogP contribution in [0.1, 0.15) is 57.6 Å². The summed E-state index contributed by atoms with van der Waals surface area (Å²) < 4.78 is 1.88. The Kier molecular flexibility index (Phi) is 8.14. The van der Waals surface area contributed by atoms with Crippen LogP contribution in [-0.2, 0) is 25.4 Å². The van der Waals surface area contributed by atoms with Crippen molar-refractivity contribution in [1.82, 2.24) is 4.98 Å². The fourth-order valence-electron chi connectivity index (χ4n) is 5.84. The van der Waals surface area contributed by atoms with Crippen LogP contribution >= 0.6 is 0 Å². The van der Waals surface area contributed by atoms with Crippen LogP contribution in [0.3, 0.4) is 0 Å². The van der Waals surface area contributed by atoms with Gasteiger partial charge in [0.05, 0.1) is 0 Å². The molecule has 5 heterocycles. The van der Waals surface area contributed by atoms with E-state index in [-0.39, 0.29) is 12.8 Å². The maximum atomic E-state index is 11.6. The molecular formula is C34H33FeN4O4+. The molecule has 1 aromatic heterocycles. The molecule has 0 fully saturated rings. The van der Waals surface area contributed by atoms with Crippen molar-refractivity contribution in [2.75, 3.05) is 0 Å². The topological polar surface area (TPSA) is 118 Å². The maximum absolute atomic E-state index is 11.6. The number of aromatic nitrogens is 1. The van der Waals surface area contributed by atoms with Crippen molar-refractivity contribution in [3.8, 4) is 0 Å². The summed E-state index contributed by atoms with van der Waals surface area (Å²) in [7, 11) is 0. The van der Waals surface area contributed by atoms with Crippen LogP contribution in [0, 0.1) is 6.92 Å². The van der Waals surface area contributed by atoms with Crippen LogP contribution in [0.4, 0.5) is 0 Å². The molecule has 0 aliphatic carbocycles. The zero-order valence-electron chi connectivity index (χ0n) is 24.6. The van der Waals surface area contributed by atoms with Gasteiger partial charge in [0.2, 0.25) is 0 Å². The van der Waals surface area contributed by atoms with E-state index in [9.17, 15) is 19.8 Å². The number of carboxylic acids is 2. The Morgan fingerprint density at radius 3 is 2.09 bits per heavy atom. The van der Waals surface area contributed by atoms with Crippen molar-refractivity contribution in [1.29, 1.82) is 0 Å². The number of rotatable bonds is 8. The molecule has 220 valence electrons. The van der Waals surface area contributed by atoms with Gasteiger partial charge in [-0.15, -0.1) is 0 Å². The van der Waals surface area contributed by atoms with Crippen LogP contribution in [0.2, 0.25) is 0 Å². The fourth-order valence-corrected chi connectivity index (χ4v) is 6.30. The normalized spacial score (nSPS) is 17.9. The van der Waals surface area contributed by atoms with Gasteiger partial charge in [-0.1, -0.05) is 0 Å². The Hall–Kier alpha value is -4.46. The van der Waals surface area contributed by atoms with E-state index in [1.807, 2.05) is 61.6 Å². The molecule has 0 saturated heterocycles. The number of carbonyl (C=O) groups is 2. The van der Waals surface area contributed by atoms with Crippen molar-refractivity contribution < 1.29 is 39.2 Å². The van der Waals surface area contributed by atoms with E-state index in [1.165, 1.54) is 0 Å². The predicted octanol–water partition coefficient (Wildman–Crippen LogP) is 5.05. The van der Waals surface area contributed by atoms with E-state index in [2.05, 4.69) is 40.0 Å². The second kappa shape index (κ2) is 11.7. The van der Waals surface area contributed by atoms with Crippen molar-refractivity contribution in [2.45, 2.75) is 53.4 Å². The number of nitrogens with one attached hydrogen (secondary N) is 1. The Morgan fingerprint density at radius 1 is 0.814 bits per heavy atom. The van der Waals surface area contributed by atoms with Gasteiger partial charge in [0.25, 0.3) is 0 Å². The third-order valence-electron chi connectivity index (χ3n) is 8.31. The number of fused-ring (bicyclic) bond motifs is 6. The van der Waals surface area contributed by atoms with Crippen molar-refractivity contribution in [2.24, 2.45) is 9.98 Å². The Balaban J connectivity index is 1.85. The molecule has 3 N–H and O–H groups in total. The van der Waals surface area contributed by atoms with Gasteiger partial charge in [-0.2, -0.15) is 0 Å². The Labute approximate surface area is 257 Å². The molecule has 8 bridgehead atoms. The van der Waals surface area contributed by atoms with E-state index < -0.39 is 11.9 Å². The van der Waals surface area contributed by atoms with Gasteiger partial charge >= 0.3 is 249 Å². The summed E-state index contributed by atoms with van der Waals surface area (Å²) in [6, 6.07) is 0. The molecule has 0 radical (unpaired) electrons. The fraction of sp³-hybridized carbons (Fsp3) is 0.235. The van der Waals surface area contributed by atoms with Crippen LogP contribution in [0.25, 0.3) is 18.2 Å². The van der Waals surface area contributed by atoms with Gasteiger partial charge in [0, 0.05) is 0 Å². The number of hydrogen-bond acceptors (Lipinski definition) is 4. The molecule has 8 nitrogen and oxygen atoms in total. The molecule has 43 heavy (non-hydrogen) atoms. The van der Waals surface area contributed by atoms with Gasteiger partial charge in [0.15, 0.2) is 0 Å². The third-order valence-corrected chi connectivity index (χ3v) is 8.84. The first kappa shape index (κ1) is 30.0. The molecule has 0 unspecified atom stereocenters. The van der Waals surface area contributed by atoms with E-state index in [4.69, 9.17) is 9.98 Å². The van der Waals surface area contributed by atoms with Gasteiger partial charge in [-0.3, -0.25) is 4.79 Å². The first-order valence-electron chi connectivity index (χ1n) is 14.0. The summed E-state index contributed by atoms with van der Waals surface area (Å²) in [4.78, 5) is 36.6. The first-order valence-corrected chi connectivity index (χ1v) is 14.5. The summed E-state index contributed by atoms with van der Waals surface area (Å²) in [6.45, 7) is 16.1. The van der Waals surface area contributed by atoms with E-state index >= 15 is 0 Å². The monoisotopic (exact) mass is 617 g/mol. The number of H-pyrrole nitrogens is 1. The zero-order valence-corrected chi connectivity index (χ0v) is 25.7. The predicted molar refractivity (Wildman–Crippen MR) is 164 cm³/mol. The number of aliphatic imine (C=N–C) groups is 2. The van der Waals surface area contributed by atoms with Crippen LogP contribution < -0.4 is 10.7 Å². The molecule has 0 amide bonds. The van der Waals surface area contributed by atoms with Gasteiger partial charge in [-0.25, -0.2) is 0 Å². The molecule has 5 rings (SSSR count). The summed E-state index contributed by atoms with van der Waals surface area (Å²) >= 11 is 4.37. The Bertz CT molecular complexity index is 1950. The molecular weight excluding hydrogens is 584 g/mol. The molecule has 0 aromatic carbocycles. The second-order valence-electron chi connectivity index (χ2n) is 10.8. The van der Waals surface area contributed by atoms with E-state index in [0.29, 0.717) is 35.7 Å². The molecule has 0 atom stereocenters.